The number of rotatable bonds is 7. The summed E-state index contributed by atoms with van der Waals surface area (Å²) < 4.78 is 5.37. The Hall–Kier alpha value is -2.86. The van der Waals surface area contributed by atoms with Gasteiger partial charge in [0.1, 0.15) is 5.75 Å². The van der Waals surface area contributed by atoms with Gasteiger partial charge in [-0.3, -0.25) is 15.0 Å². The van der Waals surface area contributed by atoms with Crippen LogP contribution in [0.5, 0.6) is 5.75 Å². The molecule has 0 saturated carbocycles. The van der Waals surface area contributed by atoms with Gasteiger partial charge in [0, 0.05) is 12.1 Å². The molecular weight excluding hydrogens is 294 g/mol. The average molecular weight is 313 g/mol. The Kier molecular flexibility index (Phi) is 6.14. The normalized spacial score (nSPS) is 9.96. The lowest BCUT2D eigenvalue weighted by molar-refractivity contribution is -0.123. The number of carbonyl (C=O) groups excluding carboxylic acids is 2. The monoisotopic (exact) mass is 313 g/mol. The Morgan fingerprint density at radius 3 is 2.57 bits per heavy atom. The number of nitrogens with one attached hydrogen (secondary N) is 2. The molecule has 4 N–H and O–H groups in total. The number of ether oxygens (including phenoxy) is 1. The van der Waals surface area contributed by atoms with Crippen LogP contribution in [0, 0.1) is 0 Å². The van der Waals surface area contributed by atoms with Gasteiger partial charge < -0.3 is 10.1 Å². The number of hydrogen-bond donors (Lipinski definition) is 3. The van der Waals surface area contributed by atoms with Crippen LogP contribution < -0.4 is 21.3 Å². The van der Waals surface area contributed by atoms with Crippen molar-refractivity contribution in [3.63, 3.8) is 0 Å². The van der Waals surface area contributed by atoms with Crippen LogP contribution in [0.1, 0.15) is 15.9 Å². The summed E-state index contributed by atoms with van der Waals surface area (Å²) in [5.41, 5.74) is 3.57. The predicted molar refractivity (Wildman–Crippen MR) is 86.7 cm³/mol. The first-order chi connectivity index (χ1) is 11.2. The van der Waals surface area contributed by atoms with E-state index in [1.807, 2.05) is 35.8 Å². The number of nitrogen functional groups attached to an aromatic ring is 1. The van der Waals surface area contributed by atoms with Gasteiger partial charge in [-0.2, -0.15) is 0 Å². The van der Waals surface area contributed by atoms with Crippen LogP contribution in [0.15, 0.2) is 54.6 Å². The fraction of sp³-hybridized carbons (Fsp3) is 0.176. The van der Waals surface area contributed by atoms with E-state index < -0.39 is 5.91 Å². The summed E-state index contributed by atoms with van der Waals surface area (Å²) in [5.74, 6) is 4.88. The van der Waals surface area contributed by atoms with Gasteiger partial charge in [0.2, 0.25) is 0 Å². The van der Waals surface area contributed by atoms with Crippen molar-refractivity contribution in [2.45, 2.75) is 6.42 Å². The van der Waals surface area contributed by atoms with E-state index in [0.717, 1.165) is 12.0 Å². The number of amides is 2. The molecular formula is C17H19N3O3. The number of hydrogen-bond acceptors (Lipinski definition) is 4. The van der Waals surface area contributed by atoms with Gasteiger partial charge in [0.25, 0.3) is 11.8 Å². The van der Waals surface area contributed by atoms with Gasteiger partial charge in [-0.15, -0.1) is 0 Å². The predicted octanol–water partition coefficient (Wildman–Crippen LogP) is 1.03. The molecule has 0 radical (unpaired) electrons. The number of carbonyl (C=O) groups is 2. The Bertz CT molecular complexity index is 659. The number of benzene rings is 2. The zero-order chi connectivity index (χ0) is 16.5. The van der Waals surface area contributed by atoms with Crippen LogP contribution in [0.3, 0.4) is 0 Å². The molecule has 23 heavy (non-hydrogen) atoms. The molecule has 0 heterocycles. The van der Waals surface area contributed by atoms with Crippen LogP contribution in [-0.4, -0.2) is 25.0 Å². The summed E-state index contributed by atoms with van der Waals surface area (Å²) in [7, 11) is 0. The quantitative estimate of drug-likeness (QED) is 0.404. The molecule has 0 saturated heterocycles. The Morgan fingerprint density at radius 2 is 1.83 bits per heavy atom. The van der Waals surface area contributed by atoms with E-state index >= 15 is 0 Å². The highest BCUT2D eigenvalue weighted by molar-refractivity contribution is 5.94. The van der Waals surface area contributed by atoms with E-state index in [-0.39, 0.29) is 12.5 Å². The third-order valence-corrected chi connectivity index (χ3v) is 3.18. The largest absolute Gasteiger partial charge is 0.484 e. The minimum absolute atomic E-state index is 0.109. The first-order valence-electron chi connectivity index (χ1n) is 7.23. The third-order valence-electron chi connectivity index (χ3n) is 3.18. The highest BCUT2D eigenvalue weighted by Gasteiger charge is 2.06. The van der Waals surface area contributed by atoms with E-state index in [1.54, 1.807) is 18.2 Å². The highest BCUT2D eigenvalue weighted by atomic mass is 16.5. The first kappa shape index (κ1) is 16.5. The lowest BCUT2D eigenvalue weighted by Crippen LogP contribution is -2.31. The maximum Gasteiger partial charge on any atom is 0.265 e. The molecule has 6 nitrogen and oxygen atoms in total. The molecule has 0 aliphatic rings. The number of hydrazine groups is 1. The molecule has 0 bridgehead atoms. The molecule has 2 amide bonds. The summed E-state index contributed by atoms with van der Waals surface area (Å²) in [6.45, 7) is 0.435. The first-order valence-corrected chi connectivity index (χ1v) is 7.23. The molecule has 0 spiro atoms. The van der Waals surface area contributed by atoms with E-state index in [2.05, 4.69) is 5.32 Å². The van der Waals surface area contributed by atoms with Crippen LogP contribution in [0.2, 0.25) is 0 Å². The number of nitrogens with two attached hydrogens (primary N) is 1. The molecule has 0 unspecified atom stereocenters. The molecule has 2 aromatic rings. The molecule has 0 aromatic heterocycles. The molecule has 0 fully saturated rings. The van der Waals surface area contributed by atoms with Crippen molar-refractivity contribution in [1.29, 1.82) is 0 Å². The van der Waals surface area contributed by atoms with E-state index in [9.17, 15) is 9.59 Å². The second-order valence-corrected chi connectivity index (χ2v) is 4.88. The molecule has 2 aromatic carbocycles. The van der Waals surface area contributed by atoms with Gasteiger partial charge in [-0.1, -0.05) is 36.4 Å². The van der Waals surface area contributed by atoms with Crippen LogP contribution >= 0.6 is 0 Å². The second-order valence-electron chi connectivity index (χ2n) is 4.88. The van der Waals surface area contributed by atoms with E-state index in [0.29, 0.717) is 17.9 Å². The Morgan fingerprint density at radius 1 is 1.04 bits per heavy atom. The van der Waals surface area contributed by atoms with Crippen molar-refractivity contribution in [2.75, 3.05) is 13.2 Å². The minimum Gasteiger partial charge on any atom is -0.484 e. The maximum absolute atomic E-state index is 11.7. The highest BCUT2D eigenvalue weighted by Crippen LogP contribution is 2.12. The summed E-state index contributed by atoms with van der Waals surface area (Å²) in [5, 5.41) is 2.79. The van der Waals surface area contributed by atoms with Crippen molar-refractivity contribution in [3.05, 3.63) is 65.7 Å². The average Bonchev–Trinajstić information content (AvgIpc) is 2.60. The van der Waals surface area contributed by atoms with Gasteiger partial charge >= 0.3 is 0 Å². The van der Waals surface area contributed by atoms with Crippen molar-refractivity contribution in [1.82, 2.24) is 10.7 Å². The Labute approximate surface area is 134 Å². The molecule has 0 aliphatic heterocycles. The van der Waals surface area contributed by atoms with Gasteiger partial charge in [0.15, 0.2) is 6.61 Å². The second kappa shape index (κ2) is 8.55. The fourth-order valence-electron chi connectivity index (χ4n) is 2.00. The van der Waals surface area contributed by atoms with Crippen molar-refractivity contribution in [3.8, 4) is 5.75 Å². The zero-order valence-corrected chi connectivity index (χ0v) is 12.6. The smallest absolute Gasteiger partial charge is 0.265 e. The van der Waals surface area contributed by atoms with Crippen LogP contribution in [-0.2, 0) is 11.2 Å². The lowest BCUT2D eigenvalue weighted by Gasteiger charge is -2.08. The van der Waals surface area contributed by atoms with E-state index in [4.69, 9.17) is 10.6 Å². The van der Waals surface area contributed by atoms with Crippen LogP contribution in [0.25, 0.3) is 0 Å². The molecule has 0 atom stereocenters. The van der Waals surface area contributed by atoms with E-state index in [1.165, 1.54) is 6.07 Å². The third kappa shape index (κ3) is 5.44. The summed E-state index contributed by atoms with van der Waals surface area (Å²) >= 11 is 0. The van der Waals surface area contributed by atoms with Crippen LogP contribution in [0.4, 0.5) is 0 Å². The molecule has 2 rings (SSSR count). The topological polar surface area (TPSA) is 93.4 Å². The zero-order valence-electron chi connectivity index (χ0n) is 12.6. The lowest BCUT2D eigenvalue weighted by atomic mass is 10.1. The summed E-state index contributed by atoms with van der Waals surface area (Å²) in [4.78, 5) is 23.2. The van der Waals surface area contributed by atoms with Crippen molar-refractivity contribution in [2.24, 2.45) is 5.84 Å². The molecule has 0 aliphatic carbocycles. The molecule has 6 heteroatoms. The Balaban J connectivity index is 1.75. The summed E-state index contributed by atoms with van der Waals surface area (Å²) in [6, 6.07) is 16.4. The van der Waals surface area contributed by atoms with Gasteiger partial charge in [-0.05, 0) is 30.2 Å². The minimum atomic E-state index is -0.414. The fourth-order valence-corrected chi connectivity index (χ4v) is 2.00. The standard InChI is InChI=1S/C17H19N3O3/c18-20-17(22)14-7-4-8-15(11-14)23-12-16(21)19-10-9-13-5-2-1-3-6-13/h1-8,11H,9-10,12,18H2,(H,19,21)(H,20,22). The summed E-state index contributed by atoms with van der Waals surface area (Å²) in [6.07, 6.45) is 0.763. The van der Waals surface area contributed by atoms with Gasteiger partial charge in [0.05, 0.1) is 0 Å². The molecule has 120 valence electrons. The van der Waals surface area contributed by atoms with Gasteiger partial charge in [-0.25, -0.2) is 5.84 Å². The van der Waals surface area contributed by atoms with Crippen molar-refractivity contribution >= 4 is 11.8 Å². The maximum atomic E-state index is 11.7. The SMILES string of the molecule is NNC(=O)c1cccc(OCC(=O)NCCc2ccccc2)c1. The van der Waals surface area contributed by atoms with Crippen molar-refractivity contribution < 1.29 is 14.3 Å².